The van der Waals surface area contributed by atoms with Gasteiger partial charge in [0.2, 0.25) is 11.9 Å². The third kappa shape index (κ3) is 1.35. The van der Waals surface area contributed by atoms with Crippen molar-refractivity contribution >= 4 is 10.8 Å². The summed E-state index contributed by atoms with van der Waals surface area (Å²) < 4.78 is 1.20. The monoisotopic (exact) mass is 174 g/mol. The first-order chi connectivity index (χ1) is 6.31. The van der Waals surface area contributed by atoms with Crippen LogP contribution in [0.5, 0.6) is 0 Å². The molecule has 1 heterocycles. The predicted molar refractivity (Wildman–Crippen MR) is 50.7 cm³/mol. The Balaban J connectivity index is 2.74. The topological polar surface area (TPSA) is 24.1 Å². The van der Waals surface area contributed by atoms with Gasteiger partial charge >= 0.3 is 0 Å². The van der Waals surface area contributed by atoms with Gasteiger partial charge in [-0.25, -0.2) is 0 Å². The van der Waals surface area contributed by atoms with Crippen LogP contribution in [0.3, 0.4) is 0 Å². The summed E-state index contributed by atoms with van der Waals surface area (Å²) in [5.74, 6) is 0. The van der Waals surface area contributed by atoms with E-state index in [9.17, 15) is 5.21 Å². The van der Waals surface area contributed by atoms with Gasteiger partial charge in [-0.3, -0.25) is 5.21 Å². The first-order valence-corrected chi connectivity index (χ1v) is 4.44. The average molecular weight is 174 g/mol. The van der Waals surface area contributed by atoms with Crippen LogP contribution >= 0.6 is 0 Å². The SMILES string of the molecule is CCc1cc2ccccc2c[n+]1O. The standard InChI is InChI=1S/C11H12NO/c1-2-11-7-9-5-3-4-6-10(9)8-12(11)13/h3-8,13H,2H2,1H3/q+1. The number of pyridine rings is 1. The minimum atomic E-state index is 0.835. The number of hydrogen-bond donors (Lipinski definition) is 1. The zero-order valence-corrected chi connectivity index (χ0v) is 7.57. The van der Waals surface area contributed by atoms with Gasteiger partial charge in [0.15, 0.2) is 0 Å². The van der Waals surface area contributed by atoms with E-state index in [4.69, 9.17) is 0 Å². The van der Waals surface area contributed by atoms with Crippen LogP contribution in [0.25, 0.3) is 10.8 Å². The van der Waals surface area contributed by atoms with E-state index >= 15 is 0 Å². The second kappa shape index (κ2) is 3.05. The molecule has 1 N–H and O–H groups in total. The highest BCUT2D eigenvalue weighted by Gasteiger charge is 2.08. The van der Waals surface area contributed by atoms with E-state index in [1.54, 1.807) is 6.20 Å². The number of aromatic nitrogens is 1. The second-order valence-corrected chi connectivity index (χ2v) is 3.09. The second-order valence-electron chi connectivity index (χ2n) is 3.09. The highest BCUT2D eigenvalue weighted by molar-refractivity contribution is 5.80. The fourth-order valence-corrected chi connectivity index (χ4v) is 1.48. The molecule has 0 aliphatic carbocycles. The zero-order chi connectivity index (χ0) is 9.26. The molecule has 0 atom stereocenters. The van der Waals surface area contributed by atoms with E-state index < -0.39 is 0 Å². The molecule has 0 unspecified atom stereocenters. The molecule has 2 aromatic rings. The Morgan fingerprint density at radius 2 is 1.92 bits per heavy atom. The summed E-state index contributed by atoms with van der Waals surface area (Å²) >= 11 is 0. The largest absolute Gasteiger partial charge is 0.285 e. The van der Waals surface area contributed by atoms with Crippen molar-refractivity contribution in [1.82, 2.24) is 0 Å². The molecule has 0 spiro atoms. The summed E-state index contributed by atoms with van der Waals surface area (Å²) in [6.07, 6.45) is 2.58. The highest BCUT2D eigenvalue weighted by Crippen LogP contribution is 2.11. The molecule has 0 aliphatic heterocycles. The number of hydrogen-bond acceptors (Lipinski definition) is 1. The van der Waals surface area contributed by atoms with Gasteiger partial charge in [-0.05, 0) is 11.5 Å². The molecular weight excluding hydrogens is 162 g/mol. The third-order valence-corrected chi connectivity index (χ3v) is 2.24. The van der Waals surface area contributed by atoms with Crippen LogP contribution < -0.4 is 4.73 Å². The van der Waals surface area contributed by atoms with Crippen molar-refractivity contribution in [3.8, 4) is 0 Å². The summed E-state index contributed by atoms with van der Waals surface area (Å²) in [7, 11) is 0. The minimum absolute atomic E-state index is 0.835. The first kappa shape index (κ1) is 8.05. The molecule has 0 saturated carbocycles. The molecule has 0 aliphatic rings. The Labute approximate surface area is 77.0 Å². The van der Waals surface area contributed by atoms with E-state index in [2.05, 4.69) is 6.07 Å². The molecular formula is C11H12NO+. The molecule has 0 amide bonds. The lowest BCUT2D eigenvalue weighted by Gasteiger charge is -1.96. The lowest BCUT2D eigenvalue weighted by molar-refractivity contribution is -0.908. The molecule has 2 heteroatoms. The van der Waals surface area contributed by atoms with Gasteiger partial charge in [-0.15, -0.1) is 0 Å². The van der Waals surface area contributed by atoms with Crippen LogP contribution in [0.4, 0.5) is 0 Å². The summed E-state index contributed by atoms with van der Waals surface area (Å²) in [5, 5.41) is 11.8. The third-order valence-electron chi connectivity index (χ3n) is 2.24. The Kier molecular flexibility index (Phi) is 1.89. The van der Waals surface area contributed by atoms with Gasteiger partial charge in [0.05, 0.1) is 5.39 Å². The maximum atomic E-state index is 9.53. The van der Waals surface area contributed by atoms with Crippen molar-refractivity contribution in [2.75, 3.05) is 0 Å². The van der Waals surface area contributed by atoms with Crippen molar-refractivity contribution in [1.29, 1.82) is 0 Å². The number of benzene rings is 1. The van der Waals surface area contributed by atoms with Gasteiger partial charge in [-0.2, -0.15) is 0 Å². The van der Waals surface area contributed by atoms with Gasteiger partial charge in [0.1, 0.15) is 0 Å². The lowest BCUT2D eigenvalue weighted by Crippen LogP contribution is -2.34. The fourth-order valence-electron chi connectivity index (χ4n) is 1.48. The molecule has 0 fully saturated rings. The van der Waals surface area contributed by atoms with Crippen LogP contribution in [0.15, 0.2) is 36.5 Å². The van der Waals surface area contributed by atoms with Gasteiger partial charge in [0, 0.05) is 17.2 Å². The number of fused-ring (bicyclic) bond motifs is 1. The molecule has 0 bridgehead atoms. The molecule has 1 aromatic heterocycles. The Morgan fingerprint density at radius 3 is 2.62 bits per heavy atom. The minimum Gasteiger partial charge on any atom is -0.285 e. The molecule has 66 valence electrons. The van der Waals surface area contributed by atoms with Crippen molar-refractivity contribution in [3.63, 3.8) is 0 Å². The average Bonchev–Trinajstić information content (AvgIpc) is 2.17. The quantitative estimate of drug-likeness (QED) is 0.518. The Morgan fingerprint density at radius 1 is 1.23 bits per heavy atom. The van der Waals surface area contributed by atoms with E-state index in [1.807, 2.05) is 31.2 Å². The maximum absolute atomic E-state index is 9.53. The zero-order valence-electron chi connectivity index (χ0n) is 7.57. The molecule has 0 saturated heterocycles. The molecule has 2 rings (SSSR count). The van der Waals surface area contributed by atoms with Crippen molar-refractivity contribution < 1.29 is 9.94 Å². The van der Waals surface area contributed by atoms with Gasteiger partial charge in [0.25, 0.3) is 0 Å². The lowest BCUT2D eigenvalue weighted by atomic mass is 10.1. The van der Waals surface area contributed by atoms with Gasteiger partial charge in [-0.1, -0.05) is 25.1 Å². The van der Waals surface area contributed by atoms with Gasteiger partial charge < -0.3 is 0 Å². The Bertz CT molecular complexity index is 437. The van der Waals surface area contributed by atoms with Crippen molar-refractivity contribution in [3.05, 3.63) is 42.2 Å². The Hall–Kier alpha value is -1.57. The smallest absolute Gasteiger partial charge is 0.234 e. The highest BCUT2D eigenvalue weighted by atomic mass is 16.5. The number of rotatable bonds is 1. The van der Waals surface area contributed by atoms with Crippen LogP contribution in [0.1, 0.15) is 12.6 Å². The van der Waals surface area contributed by atoms with E-state index in [0.29, 0.717) is 0 Å². The molecule has 0 radical (unpaired) electrons. The summed E-state index contributed by atoms with van der Waals surface area (Å²) in [6, 6.07) is 10.0. The molecule has 1 aromatic carbocycles. The maximum Gasteiger partial charge on any atom is 0.234 e. The van der Waals surface area contributed by atoms with E-state index in [-0.39, 0.29) is 0 Å². The summed E-state index contributed by atoms with van der Waals surface area (Å²) in [4.78, 5) is 0. The molecule has 13 heavy (non-hydrogen) atoms. The van der Waals surface area contributed by atoms with Crippen molar-refractivity contribution in [2.45, 2.75) is 13.3 Å². The summed E-state index contributed by atoms with van der Waals surface area (Å²) in [5.41, 5.74) is 0.929. The summed E-state index contributed by atoms with van der Waals surface area (Å²) in [6.45, 7) is 2.02. The first-order valence-electron chi connectivity index (χ1n) is 4.44. The number of aryl methyl sites for hydroxylation is 1. The normalized spacial score (nSPS) is 10.5. The van der Waals surface area contributed by atoms with Crippen LogP contribution in [0.2, 0.25) is 0 Å². The fraction of sp³-hybridized carbons (Fsp3) is 0.182. The van der Waals surface area contributed by atoms with E-state index in [1.165, 1.54) is 10.1 Å². The predicted octanol–water partition coefficient (Wildman–Crippen LogP) is 1.93. The van der Waals surface area contributed by atoms with E-state index in [0.717, 1.165) is 17.5 Å². The van der Waals surface area contributed by atoms with Crippen LogP contribution in [-0.4, -0.2) is 5.21 Å². The van der Waals surface area contributed by atoms with Crippen LogP contribution in [0, 0.1) is 0 Å². The van der Waals surface area contributed by atoms with Crippen molar-refractivity contribution in [2.24, 2.45) is 0 Å². The molecule has 2 nitrogen and oxygen atoms in total. The van der Waals surface area contributed by atoms with Crippen LogP contribution in [-0.2, 0) is 6.42 Å². The number of nitrogens with zero attached hydrogens (tertiary/aromatic N) is 1.